The van der Waals surface area contributed by atoms with Crippen LogP contribution < -0.4 is 4.74 Å². The number of rotatable bonds is 8. The topological polar surface area (TPSA) is 35.5 Å². The molecule has 3 nitrogen and oxygen atoms in total. The van der Waals surface area contributed by atoms with Crippen LogP contribution in [0.5, 0.6) is 5.75 Å². The highest BCUT2D eigenvalue weighted by atomic mass is 16.5. The largest absolute Gasteiger partial charge is 0.489 e. The van der Waals surface area contributed by atoms with Crippen molar-refractivity contribution in [1.29, 1.82) is 0 Å². The van der Waals surface area contributed by atoms with Gasteiger partial charge in [-0.05, 0) is 47.2 Å². The Bertz CT molecular complexity index is 854. The molecule has 0 bridgehead atoms. The maximum absolute atomic E-state index is 11.2. The molecule has 0 radical (unpaired) electrons. The smallest absolute Gasteiger partial charge is 0.305 e. The molecule has 0 aromatic heterocycles. The predicted octanol–water partition coefficient (Wildman–Crippen LogP) is 4.96. The summed E-state index contributed by atoms with van der Waals surface area (Å²) in [6.07, 6.45) is 1.96. The zero-order chi connectivity index (χ0) is 18.9. The van der Waals surface area contributed by atoms with E-state index < -0.39 is 0 Å². The van der Waals surface area contributed by atoms with Crippen LogP contribution in [0.1, 0.15) is 28.7 Å². The van der Waals surface area contributed by atoms with Crippen LogP contribution in [-0.4, -0.2) is 13.1 Å². The Kier molecular flexibility index (Phi) is 6.64. The lowest BCUT2D eigenvalue weighted by Gasteiger charge is -2.12. The van der Waals surface area contributed by atoms with Gasteiger partial charge in [-0.1, -0.05) is 66.7 Å². The van der Waals surface area contributed by atoms with Crippen LogP contribution in [0.4, 0.5) is 0 Å². The number of benzene rings is 3. The van der Waals surface area contributed by atoms with Gasteiger partial charge in [0.15, 0.2) is 0 Å². The van der Waals surface area contributed by atoms with Crippen molar-refractivity contribution < 1.29 is 14.3 Å². The summed E-state index contributed by atoms with van der Waals surface area (Å²) >= 11 is 0. The first-order valence-electron chi connectivity index (χ1n) is 9.14. The molecule has 0 saturated heterocycles. The third-order valence-electron chi connectivity index (χ3n) is 4.52. The lowest BCUT2D eigenvalue weighted by Crippen LogP contribution is -2.02. The number of hydrogen-bond acceptors (Lipinski definition) is 3. The summed E-state index contributed by atoms with van der Waals surface area (Å²) in [5.41, 5.74) is 4.85. The Labute approximate surface area is 160 Å². The molecule has 0 atom stereocenters. The number of carbonyl (C=O) groups is 1. The van der Waals surface area contributed by atoms with E-state index in [1.54, 1.807) is 0 Å². The maximum atomic E-state index is 11.2. The van der Waals surface area contributed by atoms with Gasteiger partial charge in [-0.15, -0.1) is 0 Å². The van der Waals surface area contributed by atoms with Crippen molar-refractivity contribution in [2.24, 2.45) is 0 Å². The van der Waals surface area contributed by atoms with Crippen molar-refractivity contribution in [3.8, 4) is 5.75 Å². The van der Waals surface area contributed by atoms with Gasteiger partial charge in [0.1, 0.15) is 12.4 Å². The van der Waals surface area contributed by atoms with Gasteiger partial charge in [-0.2, -0.15) is 0 Å². The van der Waals surface area contributed by atoms with Gasteiger partial charge < -0.3 is 9.47 Å². The van der Waals surface area contributed by atoms with Crippen molar-refractivity contribution >= 4 is 5.97 Å². The molecule has 0 saturated carbocycles. The van der Waals surface area contributed by atoms with E-state index in [1.807, 2.05) is 36.4 Å². The molecular formula is C24H24O3. The van der Waals surface area contributed by atoms with Gasteiger partial charge in [-0.3, -0.25) is 4.79 Å². The van der Waals surface area contributed by atoms with E-state index in [9.17, 15) is 4.79 Å². The van der Waals surface area contributed by atoms with Crippen LogP contribution in [0.2, 0.25) is 0 Å². The van der Waals surface area contributed by atoms with Crippen LogP contribution in [0, 0.1) is 0 Å². The summed E-state index contributed by atoms with van der Waals surface area (Å²) in [5, 5.41) is 0. The first-order valence-corrected chi connectivity index (χ1v) is 9.14. The third kappa shape index (κ3) is 5.71. The number of aryl methyl sites for hydroxylation is 1. The van der Waals surface area contributed by atoms with Crippen molar-refractivity contribution in [1.82, 2.24) is 0 Å². The lowest BCUT2D eigenvalue weighted by molar-refractivity contribution is -0.140. The normalized spacial score (nSPS) is 10.4. The average Bonchev–Trinajstić information content (AvgIpc) is 2.73. The monoisotopic (exact) mass is 360 g/mol. The van der Waals surface area contributed by atoms with Gasteiger partial charge >= 0.3 is 5.97 Å². The standard InChI is InChI=1S/C24H24O3/c1-26-24(25)16-13-19-11-14-23(15-12-19)27-18-22-10-6-5-9-21(22)17-20-7-3-2-4-8-20/h2-12,14-15H,13,16-18H2,1H3. The molecule has 0 spiro atoms. The molecule has 27 heavy (non-hydrogen) atoms. The minimum Gasteiger partial charge on any atom is -0.489 e. The Morgan fingerprint density at radius 1 is 0.778 bits per heavy atom. The van der Waals surface area contributed by atoms with Crippen molar-refractivity contribution in [2.45, 2.75) is 25.9 Å². The molecule has 0 amide bonds. The molecular weight excluding hydrogens is 336 g/mol. The van der Waals surface area contributed by atoms with Gasteiger partial charge in [0.05, 0.1) is 7.11 Å². The molecule has 0 aliphatic heterocycles. The number of hydrogen-bond donors (Lipinski definition) is 0. The van der Waals surface area contributed by atoms with Gasteiger partial charge in [0, 0.05) is 6.42 Å². The molecule has 3 heteroatoms. The fraction of sp³-hybridized carbons (Fsp3) is 0.208. The molecule has 0 fully saturated rings. The molecule has 0 aliphatic carbocycles. The van der Waals surface area contributed by atoms with Crippen LogP contribution in [0.15, 0.2) is 78.9 Å². The fourth-order valence-corrected chi connectivity index (χ4v) is 2.95. The third-order valence-corrected chi connectivity index (χ3v) is 4.52. The maximum Gasteiger partial charge on any atom is 0.305 e. The van der Waals surface area contributed by atoms with E-state index >= 15 is 0 Å². The molecule has 3 aromatic rings. The SMILES string of the molecule is COC(=O)CCc1ccc(OCc2ccccc2Cc2ccccc2)cc1. The summed E-state index contributed by atoms with van der Waals surface area (Å²) < 4.78 is 10.7. The van der Waals surface area contributed by atoms with Crippen molar-refractivity contribution in [3.05, 3.63) is 101 Å². The minimum atomic E-state index is -0.189. The Balaban J connectivity index is 1.59. The summed E-state index contributed by atoms with van der Waals surface area (Å²) in [5.74, 6) is 0.636. The molecule has 0 unspecified atom stereocenters. The quantitative estimate of drug-likeness (QED) is 0.533. The lowest BCUT2D eigenvalue weighted by atomic mass is 10.0. The van der Waals surface area contributed by atoms with E-state index in [1.165, 1.54) is 23.8 Å². The van der Waals surface area contributed by atoms with Crippen molar-refractivity contribution in [2.75, 3.05) is 7.11 Å². The van der Waals surface area contributed by atoms with Gasteiger partial charge in [0.25, 0.3) is 0 Å². The summed E-state index contributed by atoms with van der Waals surface area (Å²) in [4.78, 5) is 11.2. The van der Waals surface area contributed by atoms with E-state index in [-0.39, 0.29) is 5.97 Å². The van der Waals surface area contributed by atoms with Crippen LogP contribution in [-0.2, 0) is 29.0 Å². The second kappa shape index (κ2) is 9.58. The van der Waals surface area contributed by atoms with Crippen LogP contribution in [0.3, 0.4) is 0 Å². The van der Waals surface area contributed by atoms with E-state index in [0.29, 0.717) is 19.4 Å². The Hall–Kier alpha value is -3.07. The molecule has 3 aromatic carbocycles. The Morgan fingerprint density at radius 3 is 2.15 bits per heavy atom. The number of ether oxygens (including phenoxy) is 2. The zero-order valence-corrected chi connectivity index (χ0v) is 15.6. The van der Waals surface area contributed by atoms with E-state index in [4.69, 9.17) is 4.74 Å². The molecule has 0 heterocycles. The predicted molar refractivity (Wildman–Crippen MR) is 107 cm³/mol. The first-order chi connectivity index (χ1) is 13.2. The molecule has 3 rings (SSSR count). The molecule has 0 N–H and O–H groups in total. The number of esters is 1. The minimum absolute atomic E-state index is 0.189. The molecule has 138 valence electrons. The molecule has 0 aliphatic rings. The summed E-state index contributed by atoms with van der Waals surface area (Å²) in [7, 11) is 1.41. The van der Waals surface area contributed by atoms with Crippen molar-refractivity contribution in [3.63, 3.8) is 0 Å². The van der Waals surface area contributed by atoms with Gasteiger partial charge in [0.2, 0.25) is 0 Å². The Morgan fingerprint density at radius 2 is 1.44 bits per heavy atom. The first kappa shape index (κ1) is 18.7. The summed E-state index contributed by atoms with van der Waals surface area (Å²) in [6.45, 7) is 0.532. The highest BCUT2D eigenvalue weighted by Gasteiger charge is 2.05. The number of methoxy groups -OCH3 is 1. The highest BCUT2D eigenvalue weighted by Crippen LogP contribution is 2.19. The number of carbonyl (C=O) groups excluding carboxylic acids is 1. The van der Waals surface area contributed by atoms with Gasteiger partial charge in [-0.25, -0.2) is 0 Å². The van der Waals surface area contributed by atoms with E-state index in [2.05, 4.69) is 47.2 Å². The van der Waals surface area contributed by atoms with Crippen LogP contribution >= 0.6 is 0 Å². The highest BCUT2D eigenvalue weighted by molar-refractivity contribution is 5.69. The zero-order valence-electron chi connectivity index (χ0n) is 15.6. The van der Waals surface area contributed by atoms with Crippen LogP contribution in [0.25, 0.3) is 0 Å². The van der Waals surface area contributed by atoms with E-state index in [0.717, 1.165) is 17.7 Å². The fourth-order valence-electron chi connectivity index (χ4n) is 2.95. The average molecular weight is 360 g/mol. The second-order valence-electron chi connectivity index (χ2n) is 6.44. The summed E-state index contributed by atoms with van der Waals surface area (Å²) in [6, 6.07) is 26.7. The second-order valence-corrected chi connectivity index (χ2v) is 6.44.